The van der Waals surface area contributed by atoms with Gasteiger partial charge in [-0.15, -0.1) is 0 Å². The van der Waals surface area contributed by atoms with Crippen LogP contribution in [0.5, 0.6) is 0 Å². The molecule has 27 heavy (non-hydrogen) atoms. The van der Waals surface area contributed by atoms with Crippen LogP contribution in [0.4, 0.5) is 5.69 Å². The van der Waals surface area contributed by atoms with Crippen LogP contribution in [-0.2, 0) is 17.1 Å². The molecule has 4 rings (SSSR count). The van der Waals surface area contributed by atoms with Crippen molar-refractivity contribution < 1.29 is 12.8 Å². The summed E-state index contributed by atoms with van der Waals surface area (Å²) in [5.41, 5.74) is 2.81. The first kappa shape index (κ1) is 17.1. The molecule has 0 amide bonds. The molecule has 8 nitrogen and oxygen atoms in total. The lowest BCUT2D eigenvalue weighted by Gasteiger charge is -2.10. The molecule has 0 aliphatic rings. The molecule has 0 bridgehead atoms. The highest BCUT2D eigenvalue weighted by atomic mass is 32.2. The maximum absolute atomic E-state index is 12.7. The van der Waals surface area contributed by atoms with Crippen LogP contribution in [-0.4, -0.2) is 22.8 Å². The molecule has 0 unspecified atom stereocenters. The van der Waals surface area contributed by atoms with E-state index in [2.05, 4.69) is 9.82 Å². The minimum Gasteiger partial charge on any atom is -0.408 e. The van der Waals surface area contributed by atoms with Gasteiger partial charge in [-0.05, 0) is 43.3 Å². The number of sulfonamides is 1. The molecular weight excluding hydrogens is 368 g/mol. The van der Waals surface area contributed by atoms with E-state index in [9.17, 15) is 13.2 Å². The number of aryl methyl sites for hydroxylation is 2. The van der Waals surface area contributed by atoms with Crippen molar-refractivity contribution in [1.82, 2.24) is 14.3 Å². The first-order valence-electron chi connectivity index (χ1n) is 8.09. The highest BCUT2D eigenvalue weighted by Crippen LogP contribution is 2.22. The fourth-order valence-corrected chi connectivity index (χ4v) is 3.90. The summed E-state index contributed by atoms with van der Waals surface area (Å²) >= 11 is 0. The summed E-state index contributed by atoms with van der Waals surface area (Å²) in [5, 5.41) is 4.22. The Morgan fingerprint density at radius 1 is 1.11 bits per heavy atom. The number of rotatable bonds is 4. The zero-order valence-corrected chi connectivity index (χ0v) is 15.4. The third-order valence-corrected chi connectivity index (χ3v) is 5.63. The molecular formula is C18H16N4O4S. The smallest absolute Gasteiger partial charge is 0.408 e. The maximum atomic E-state index is 12.7. The predicted octanol–water partition coefficient (Wildman–Crippen LogP) is 2.43. The second-order valence-electron chi connectivity index (χ2n) is 6.10. The summed E-state index contributed by atoms with van der Waals surface area (Å²) in [4.78, 5) is 11.6. The summed E-state index contributed by atoms with van der Waals surface area (Å²) in [6.07, 6.45) is 1.68. The van der Waals surface area contributed by atoms with Crippen molar-refractivity contribution in [2.75, 3.05) is 4.72 Å². The summed E-state index contributed by atoms with van der Waals surface area (Å²) in [7, 11) is -2.30. The third-order valence-electron chi connectivity index (χ3n) is 4.25. The Bertz CT molecular complexity index is 1310. The average molecular weight is 384 g/mol. The second-order valence-corrected chi connectivity index (χ2v) is 7.78. The van der Waals surface area contributed by atoms with Gasteiger partial charge in [0.15, 0.2) is 5.58 Å². The molecule has 0 saturated heterocycles. The molecule has 9 heteroatoms. The molecule has 2 aromatic carbocycles. The van der Waals surface area contributed by atoms with Crippen molar-refractivity contribution in [3.05, 3.63) is 71.0 Å². The largest absolute Gasteiger partial charge is 0.419 e. The Morgan fingerprint density at radius 3 is 2.67 bits per heavy atom. The van der Waals surface area contributed by atoms with Gasteiger partial charge < -0.3 is 4.42 Å². The Hall–Kier alpha value is -3.33. The SMILES string of the molecule is Cc1ccnn1-c1cccc(NS(=O)(=O)c2ccc3c(c2)oc(=O)n3C)c1. The number of hydrogen-bond acceptors (Lipinski definition) is 5. The van der Waals surface area contributed by atoms with E-state index in [4.69, 9.17) is 4.42 Å². The van der Waals surface area contributed by atoms with Crippen molar-refractivity contribution in [2.45, 2.75) is 11.8 Å². The Balaban J connectivity index is 1.70. The van der Waals surface area contributed by atoms with Crippen LogP contribution in [0.3, 0.4) is 0 Å². The number of benzene rings is 2. The van der Waals surface area contributed by atoms with Crippen LogP contribution in [0, 0.1) is 6.92 Å². The molecule has 0 spiro atoms. The van der Waals surface area contributed by atoms with E-state index in [-0.39, 0.29) is 10.5 Å². The van der Waals surface area contributed by atoms with Gasteiger partial charge in [-0.25, -0.2) is 17.9 Å². The number of nitrogens with one attached hydrogen (secondary N) is 1. The van der Waals surface area contributed by atoms with E-state index in [1.807, 2.05) is 19.1 Å². The summed E-state index contributed by atoms with van der Waals surface area (Å²) in [6, 6.07) is 13.1. The highest BCUT2D eigenvalue weighted by molar-refractivity contribution is 7.92. The van der Waals surface area contributed by atoms with Crippen LogP contribution >= 0.6 is 0 Å². The lowest BCUT2D eigenvalue weighted by atomic mass is 10.3. The fourth-order valence-electron chi connectivity index (χ4n) is 2.84. The number of nitrogens with zero attached hydrogens (tertiary/aromatic N) is 3. The van der Waals surface area contributed by atoms with Crippen LogP contribution in [0.25, 0.3) is 16.8 Å². The average Bonchev–Trinajstić information content (AvgIpc) is 3.18. The van der Waals surface area contributed by atoms with E-state index in [1.165, 1.54) is 16.7 Å². The Labute approximate surface area is 154 Å². The minimum atomic E-state index is -3.86. The normalized spacial score (nSPS) is 11.8. The zero-order valence-electron chi connectivity index (χ0n) is 14.6. The number of hydrogen-bond donors (Lipinski definition) is 1. The van der Waals surface area contributed by atoms with E-state index >= 15 is 0 Å². The molecule has 0 aliphatic carbocycles. The molecule has 0 atom stereocenters. The van der Waals surface area contributed by atoms with Gasteiger partial charge in [0.25, 0.3) is 10.0 Å². The second kappa shape index (κ2) is 6.13. The fraction of sp³-hybridized carbons (Fsp3) is 0.111. The number of oxazole rings is 1. The van der Waals surface area contributed by atoms with Gasteiger partial charge in [0.05, 0.1) is 21.8 Å². The van der Waals surface area contributed by atoms with E-state index in [0.29, 0.717) is 11.2 Å². The van der Waals surface area contributed by atoms with Crippen LogP contribution in [0.2, 0.25) is 0 Å². The van der Waals surface area contributed by atoms with Gasteiger partial charge in [-0.2, -0.15) is 5.10 Å². The van der Waals surface area contributed by atoms with Gasteiger partial charge in [0, 0.05) is 25.0 Å². The van der Waals surface area contributed by atoms with Gasteiger partial charge in [0.1, 0.15) is 0 Å². The predicted molar refractivity (Wildman–Crippen MR) is 101 cm³/mol. The highest BCUT2D eigenvalue weighted by Gasteiger charge is 2.17. The van der Waals surface area contributed by atoms with Crippen molar-refractivity contribution >= 4 is 26.8 Å². The maximum Gasteiger partial charge on any atom is 0.419 e. The topological polar surface area (TPSA) is 99.1 Å². The van der Waals surface area contributed by atoms with Gasteiger partial charge in [-0.1, -0.05) is 6.07 Å². The lowest BCUT2D eigenvalue weighted by Crippen LogP contribution is -2.13. The molecule has 4 aromatic rings. The lowest BCUT2D eigenvalue weighted by molar-refractivity contribution is 0.527. The molecule has 2 heterocycles. The zero-order chi connectivity index (χ0) is 19.2. The molecule has 0 saturated carbocycles. The first-order chi connectivity index (χ1) is 12.8. The number of anilines is 1. The standard InChI is InChI=1S/C18H16N4O4S/c1-12-8-9-19-22(12)14-5-3-4-13(10-14)20-27(24,25)15-6-7-16-17(11-15)26-18(23)21(16)2/h3-11,20H,1-2H3. The van der Waals surface area contributed by atoms with E-state index in [1.54, 1.807) is 42.2 Å². The van der Waals surface area contributed by atoms with Crippen molar-refractivity contribution in [3.8, 4) is 5.69 Å². The van der Waals surface area contributed by atoms with Crippen LogP contribution in [0.1, 0.15) is 5.69 Å². The molecule has 2 aromatic heterocycles. The third kappa shape index (κ3) is 3.02. The Kier molecular flexibility index (Phi) is 3.88. The molecule has 1 N–H and O–H groups in total. The van der Waals surface area contributed by atoms with E-state index in [0.717, 1.165) is 11.4 Å². The summed E-state index contributed by atoms with van der Waals surface area (Å²) in [5.74, 6) is -0.546. The van der Waals surface area contributed by atoms with Crippen molar-refractivity contribution in [2.24, 2.45) is 7.05 Å². The monoisotopic (exact) mass is 384 g/mol. The minimum absolute atomic E-state index is 0.00465. The van der Waals surface area contributed by atoms with Gasteiger partial charge in [0.2, 0.25) is 0 Å². The molecule has 0 fully saturated rings. The van der Waals surface area contributed by atoms with Crippen molar-refractivity contribution in [1.29, 1.82) is 0 Å². The van der Waals surface area contributed by atoms with Crippen LogP contribution in [0.15, 0.2) is 68.8 Å². The summed E-state index contributed by atoms with van der Waals surface area (Å²) in [6.45, 7) is 1.91. The molecule has 0 aliphatic heterocycles. The molecule has 0 radical (unpaired) electrons. The number of fused-ring (bicyclic) bond motifs is 1. The number of aromatic nitrogens is 3. The molecule has 138 valence electrons. The quantitative estimate of drug-likeness (QED) is 0.583. The van der Waals surface area contributed by atoms with Gasteiger partial charge >= 0.3 is 5.76 Å². The van der Waals surface area contributed by atoms with E-state index < -0.39 is 15.8 Å². The van der Waals surface area contributed by atoms with Crippen LogP contribution < -0.4 is 10.5 Å². The first-order valence-corrected chi connectivity index (χ1v) is 9.57. The summed E-state index contributed by atoms with van der Waals surface area (Å²) < 4.78 is 36.1. The van der Waals surface area contributed by atoms with Crippen molar-refractivity contribution in [3.63, 3.8) is 0 Å². The Morgan fingerprint density at radius 2 is 1.93 bits per heavy atom. The van der Waals surface area contributed by atoms with Gasteiger partial charge in [-0.3, -0.25) is 9.29 Å².